The second kappa shape index (κ2) is 6.92. The average Bonchev–Trinajstić information content (AvgIpc) is 3.16. The highest BCUT2D eigenvalue weighted by Crippen LogP contribution is 2.34. The van der Waals surface area contributed by atoms with Crippen molar-refractivity contribution in [2.45, 2.75) is 18.8 Å². The van der Waals surface area contributed by atoms with Crippen LogP contribution in [-0.2, 0) is 4.79 Å². The molecule has 3 aromatic rings. The van der Waals surface area contributed by atoms with E-state index in [2.05, 4.69) is 10.3 Å². The predicted molar refractivity (Wildman–Crippen MR) is 107 cm³/mol. The van der Waals surface area contributed by atoms with Gasteiger partial charge >= 0.3 is 0 Å². The number of ether oxygens (including phenoxy) is 1. The number of carbonyl (C=O) groups is 2. The number of amides is 2. The maximum Gasteiger partial charge on any atom is 0.262 e. The first-order valence-corrected chi connectivity index (χ1v) is 9.71. The molecular weight excluding hydrogens is 373 g/mol. The lowest BCUT2D eigenvalue weighted by molar-refractivity contribution is -0.118. The van der Waals surface area contributed by atoms with Gasteiger partial charge in [0.15, 0.2) is 6.61 Å². The number of hydrogen-bond donors (Lipinski definition) is 2. The van der Waals surface area contributed by atoms with Gasteiger partial charge in [0.05, 0.1) is 5.69 Å². The number of carbonyl (C=O) groups excluding carboxylic acids is 2. The summed E-state index contributed by atoms with van der Waals surface area (Å²) in [5.41, 5.74) is 3.10. The van der Waals surface area contributed by atoms with E-state index in [4.69, 9.17) is 4.74 Å². The number of nitrogens with zero attached hydrogens (tertiary/aromatic N) is 1. The summed E-state index contributed by atoms with van der Waals surface area (Å²) in [5, 5.41) is 3.65. The number of fused-ring (bicyclic) bond motifs is 2. The maximum atomic E-state index is 13.7. The third kappa shape index (κ3) is 3.22. The number of piperidine rings is 1. The number of aromatic amines is 1. The minimum Gasteiger partial charge on any atom is -0.482 e. The summed E-state index contributed by atoms with van der Waals surface area (Å²) in [6.07, 6.45) is 3.60. The monoisotopic (exact) mass is 393 g/mol. The molecule has 0 aliphatic carbocycles. The van der Waals surface area contributed by atoms with Crippen molar-refractivity contribution in [2.24, 2.45) is 0 Å². The molecule has 5 rings (SSSR count). The standard InChI is InChI=1S/C22H20FN3O3/c23-15-2-3-18-16(10-15)17(11-24-18)13-5-7-26(8-6-13)22(28)14-1-4-20-19(9-14)25-21(27)12-29-20/h1-4,9-11,13,24H,5-8,12H2,(H,25,27). The Morgan fingerprint density at radius 2 is 1.97 bits per heavy atom. The highest BCUT2D eigenvalue weighted by molar-refractivity contribution is 6.00. The Hall–Kier alpha value is -3.35. The number of hydrogen-bond acceptors (Lipinski definition) is 3. The van der Waals surface area contributed by atoms with E-state index >= 15 is 0 Å². The minimum atomic E-state index is -0.241. The Labute approximate surface area is 166 Å². The predicted octanol–water partition coefficient (Wildman–Crippen LogP) is 3.66. The largest absolute Gasteiger partial charge is 0.482 e. The number of rotatable bonds is 2. The molecule has 0 saturated carbocycles. The van der Waals surface area contributed by atoms with Crippen molar-refractivity contribution < 1.29 is 18.7 Å². The van der Waals surface area contributed by atoms with E-state index in [0.717, 1.165) is 29.3 Å². The van der Waals surface area contributed by atoms with E-state index in [-0.39, 0.29) is 30.2 Å². The first-order chi connectivity index (χ1) is 14.1. The summed E-state index contributed by atoms with van der Waals surface area (Å²) in [7, 11) is 0. The SMILES string of the molecule is O=C1COc2ccc(C(=O)N3CCC(c4c[nH]c5ccc(F)cc45)CC3)cc2N1. The molecule has 2 N–H and O–H groups in total. The smallest absolute Gasteiger partial charge is 0.262 e. The van der Waals surface area contributed by atoms with Crippen LogP contribution in [0.15, 0.2) is 42.6 Å². The zero-order chi connectivity index (χ0) is 20.0. The molecule has 0 spiro atoms. The van der Waals surface area contributed by atoms with Gasteiger partial charge in [0.2, 0.25) is 0 Å². The van der Waals surface area contributed by atoms with Crippen molar-refractivity contribution in [1.82, 2.24) is 9.88 Å². The second-order valence-electron chi connectivity index (χ2n) is 7.55. The van der Waals surface area contributed by atoms with Gasteiger partial charge in [0.1, 0.15) is 11.6 Å². The zero-order valence-electron chi connectivity index (χ0n) is 15.7. The summed E-state index contributed by atoms with van der Waals surface area (Å²) in [6.45, 7) is 1.25. The molecule has 1 aromatic heterocycles. The van der Waals surface area contributed by atoms with Gasteiger partial charge in [-0.3, -0.25) is 9.59 Å². The average molecular weight is 393 g/mol. The van der Waals surface area contributed by atoms with Crippen molar-refractivity contribution in [3.63, 3.8) is 0 Å². The van der Waals surface area contributed by atoms with Gasteiger partial charge in [-0.25, -0.2) is 4.39 Å². The van der Waals surface area contributed by atoms with Crippen molar-refractivity contribution >= 4 is 28.4 Å². The highest BCUT2D eigenvalue weighted by Gasteiger charge is 2.27. The van der Waals surface area contributed by atoms with Crippen molar-refractivity contribution in [1.29, 1.82) is 0 Å². The topological polar surface area (TPSA) is 74.4 Å². The van der Waals surface area contributed by atoms with Gasteiger partial charge in [-0.15, -0.1) is 0 Å². The van der Waals surface area contributed by atoms with Crippen LogP contribution in [0.5, 0.6) is 5.75 Å². The maximum absolute atomic E-state index is 13.7. The molecule has 0 unspecified atom stereocenters. The molecule has 3 heterocycles. The summed E-state index contributed by atoms with van der Waals surface area (Å²) in [4.78, 5) is 29.5. The van der Waals surface area contributed by atoms with E-state index in [1.54, 1.807) is 30.3 Å². The Balaban J connectivity index is 1.30. The number of likely N-dealkylation sites (tertiary alicyclic amines) is 1. The van der Waals surface area contributed by atoms with E-state index in [1.165, 1.54) is 6.07 Å². The van der Waals surface area contributed by atoms with Gasteiger partial charge in [0, 0.05) is 35.8 Å². The van der Waals surface area contributed by atoms with E-state index in [0.29, 0.717) is 30.1 Å². The Kier molecular flexibility index (Phi) is 4.23. The van der Waals surface area contributed by atoms with Crippen LogP contribution >= 0.6 is 0 Å². The number of nitrogens with one attached hydrogen (secondary N) is 2. The molecule has 0 atom stereocenters. The quantitative estimate of drug-likeness (QED) is 0.698. The second-order valence-corrected chi connectivity index (χ2v) is 7.55. The van der Waals surface area contributed by atoms with Crippen LogP contribution in [0.25, 0.3) is 10.9 Å². The van der Waals surface area contributed by atoms with Gasteiger partial charge in [-0.2, -0.15) is 0 Å². The molecule has 6 nitrogen and oxygen atoms in total. The van der Waals surface area contributed by atoms with E-state index < -0.39 is 0 Å². The normalized spacial score (nSPS) is 17.0. The molecule has 1 fully saturated rings. The lowest BCUT2D eigenvalue weighted by atomic mass is 9.89. The number of benzene rings is 2. The number of halogens is 1. The van der Waals surface area contributed by atoms with Gasteiger partial charge < -0.3 is 19.9 Å². The number of aromatic nitrogens is 1. The lowest BCUT2D eigenvalue weighted by Gasteiger charge is -2.32. The van der Waals surface area contributed by atoms with Crippen LogP contribution in [-0.4, -0.2) is 41.4 Å². The molecule has 1 saturated heterocycles. The van der Waals surface area contributed by atoms with Gasteiger partial charge in [-0.1, -0.05) is 0 Å². The fraction of sp³-hybridized carbons (Fsp3) is 0.273. The number of H-pyrrole nitrogens is 1. The first-order valence-electron chi connectivity index (χ1n) is 9.71. The molecule has 7 heteroatoms. The molecule has 148 valence electrons. The molecule has 2 amide bonds. The molecule has 29 heavy (non-hydrogen) atoms. The fourth-order valence-corrected chi connectivity index (χ4v) is 4.24. The van der Waals surface area contributed by atoms with Crippen molar-refractivity contribution in [2.75, 3.05) is 25.0 Å². The van der Waals surface area contributed by atoms with Gasteiger partial charge in [-0.05, 0) is 60.7 Å². The molecule has 0 bridgehead atoms. The summed E-state index contributed by atoms with van der Waals surface area (Å²) in [6, 6.07) is 9.90. The van der Waals surface area contributed by atoms with E-state index in [1.807, 2.05) is 11.1 Å². The molecule has 2 aliphatic rings. The summed E-state index contributed by atoms with van der Waals surface area (Å²) in [5.74, 6) is 0.334. The van der Waals surface area contributed by atoms with E-state index in [9.17, 15) is 14.0 Å². The highest BCUT2D eigenvalue weighted by atomic mass is 19.1. The third-order valence-electron chi connectivity index (χ3n) is 5.76. The third-order valence-corrected chi connectivity index (χ3v) is 5.76. The van der Waals surface area contributed by atoms with Crippen LogP contribution in [0.3, 0.4) is 0 Å². The number of anilines is 1. The van der Waals surface area contributed by atoms with Crippen LogP contribution in [0, 0.1) is 5.82 Å². The first kappa shape index (κ1) is 17.7. The van der Waals surface area contributed by atoms with Crippen LogP contribution < -0.4 is 10.1 Å². The fourth-order valence-electron chi connectivity index (χ4n) is 4.24. The van der Waals surface area contributed by atoms with Gasteiger partial charge in [0.25, 0.3) is 11.8 Å². The van der Waals surface area contributed by atoms with Crippen LogP contribution in [0.4, 0.5) is 10.1 Å². The molecular formula is C22H20FN3O3. The Morgan fingerprint density at radius 1 is 1.14 bits per heavy atom. The zero-order valence-corrected chi connectivity index (χ0v) is 15.7. The lowest BCUT2D eigenvalue weighted by Crippen LogP contribution is -2.38. The molecule has 2 aliphatic heterocycles. The Bertz CT molecular complexity index is 1120. The summed E-state index contributed by atoms with van der Waals surface area (Å²) >= 11 is 0. The Morgan fingerprint density at radius 3 is 2.79 bits per heavy atom. The van der Waals surface area contributed by atoms with Crippen molar-refractivity contribution in [3.8, 4) is 5.75 Å². The summed E-state index contributed by atoms with van der Waals surface area (Å²) < 4.78 is 19.0. The van der Waals surface area contributed by atoms with Crippen molar-refractivity contribution in [3.05, 3.63) is 59.5 Å². The minimum absolute atomic E-state index is 0.00839. The molecule has 0 radical (unpaired) electrons. The molecule has 2 aromatic carbocycles. The van der Waals surface area contributed by atoms with Crippen LogP contribution in [0.2, 0.25) is 0 Å². The van der Waals surface area contributed by atoms with Crippen LogP contribution in [0.1, 0.15) is 34.7 Å².